The normalized spacial score (nSPS) is 11.4. The Morgan fingerprint density at radius 1 is 0.760 bits per heavy atom. The molecule has 0 N–H and O–H groups in total. The lowest BCUT2D eigenvalue weighted by molar-refractivity contribution is 0.604. The fourth-order valence-electron chi connectivity index (χ4n) is 2.42. The third kappa shape index (κ3) is 4.24. The van der Waals surface area contributed by atoms with Crippen LogP contribution in [0.4, 0.5) is 5.69 Å². The first-order valence-electron chi connectivity index (χ1n) is 8.00. The number of rotatable bonds is 6. The number of benzene rings is 3. The lowest BCUT2D eigenvalue weighted by Crippen LogP contribution is -2.07. The molecule has 0 heterocycles. The monoisotopic (exact) mass is 369 g/mol. The zero-order chi connectivity index (χ0) is 17.7. The molecule has 128 valence electrons. The van der Waals surface area contributed by atoms with Gasteiger partial charge in [-0.1, -0.05) is 67.2 Å². The molecule has 0 fully saturated rings. The van der Waals surface area contributed by atoms with Gasteiger partial charge in [0.25, 0.3) is 0 Å². The first kappa shape index (κ1) is 17.6. The van der Waals surface area contributed by atoms with Crippen LogP contribution in [0.5, 0.6) is 0 Å². The van der Waals surface area contributed by atoms with Crippen LogP contribution in [0.15, 0.2) is 99.6 Å². The van der Waals surface area contributed by atoms with Gasteiger partial charge in [-0.15, -0.1) is 0 Å². The molecule has 3 aromatic carbocycles. The summed E-state index contributed by atoms with van der Waals surface area (Å²) in [7, 11) is -3.88. The molecule has 25 heavy (non-hydrogen) atoms. The van der Waals surface area contributed by atoms with Gasteiger partial charge in [0.15, 0.2) is 14.7 Å². The smallest absolute Gasteiger partial charge is 0.166 e. The second-order valence-electron chi connectivity index (χ2n) is 5.36. The summed E-state index contributed by atoms with van der Waals surface area (Å²) in [5.74, 6) is -0.00815. The van der Waals surface area contributed by atoms with Gasteiger partial charge in [0.1, 0.15) is 0 Å². The van der Waals surface area contributed by atoms with Crippen LogP contribution in [-0.4, -0.2) is 14.2 Å². The summed E-state index contributed by atoms with van der Waals surface area (Å²) in [6, 6.07) is 27.7. The van der Waals surface area contributed by atoms with E-state index in [1.54, 1.807) is 13.0 Å². The third-order valence-corrected chi connectivity index (χ3v) is 7.12. The van der Waals surface area contributed by atoms with Crippen molar-refractivity contribution in [2.24, 2.45) is 0 Å². The summed E-state index contributed by atoms with van der Waals surface area (Å²) in [6.07, 6.45) is 0. The molecule has 5 heteroatoms. The lowest BCUT2D eigenvalue weighted by Gasteiger charge is -2.23. The molecule has 0 saturated carbocycles. The summed E-state index contributed by atoms with van der Waals surface area (Å²) >= 11 is 0. The van der Waals surface area contributed by atoms with Crippen LogP contribution < -0.4 is 0 Å². The Bertz CT molecular complexity index is 887. The van der Waals surface area contributed by atoms with Crippen LogP contribution >= 0.6 is 0 Å². The lowest BCUT2D eigenvalue weighted by atomic mass is 10.3. The summed E-state index contributed by atoms with van der Waals surface area (Å²) in [6.45, 7) is 1.61. The highest BCUT2D eigenvalue weighted by atomic mass is 32.2. The topological polar surface area (TPSA) is 48.2 Å². The van der Waals surface area contributed by atoms with Gasteiger partial charge in [-0.25, -0.2) is 8.42 Å². The van der Waals surface area contributed by atoms with Crippen LogP contribution in [-0.2, 0) is 20.9 Å². The van der Waals surface area contributed by atoms with Crippen LogP contribution in [0.3, 0.4) is 0 Å². The van der Waals surface area contributed by atoms with Gasteiger partial charge >= 0.3 is 0 Å². The fourth-order valence-corrected chi connectivity index (χ4v) is 5.24. The maximum absolute atomic E-state index is 12.1. The van der Waals surface area contributed by atoms with Crippen molar-refractivity contribution in [2.75, 3.05) is 5.75 Å². The average Bonchev–Trinajstić information content (AvgIpc) is 2.65. The van der Waals surface area contributed by atoms with E-state index in [0.29, 0.717) is 5.69 Å². The van der Waals surface area contributed by atoms with Crippen molar-refractivity contribution in [3.8, 4) is 0 Å². The summed E-state index contributed by atoms with van der Waals surface area (Å²) < 4.78 is 28.2. The number of hydrogen-bond donors (Lipinski definition) is 0. The van der Waals surface area contributed by atoms with Crippen molar-refractivity contribution in [3.05, 3.63) is 89.7 Å². The standard InChI is InChI=1S/C20H19NO2S2/c1-2-25(22,23)21-19-15-9-10-16-20(19)24(17-11-5-3-6-12-17)18-13-7-4-8-14-18/h3-16H,2H2,1H3. The molecule has 0 atom stereocenters. The minimum absolute atomic E-state index is 0.00815. The Hall–Kier alpha value is -2.24. The molecular weight excluding hydrogens is 350 g/mol. The van der Waals surface area contributed by atoms with E-state index in [-0.39, 0.29) is 5.75 Å². The SMILES string of the molecule is CCS(=O)(=O)[N-]c1ccccc1[S+](c1ccccc1)c1ccccc1. The van der Waals surface area contributed by atoms with E-state index in [2.05, 4.69) is 29.0 Å². The maximum atomic E-state index is 12.1. The Morgan fingerprint density at radius 2 is 1.24 bits per heavy atom. The molecule has 0 aromatic heterocycles. The van der Waals surface area contributed by atoms with Crippen molar-refractivity contribution in [1.29, 1.82) is 0 Å². The number of nitrogens with zero attached hydrogens (tertiary/aromatic N) is 1. The molecule has 3 nitrogen and oxygen atoms in total. The fraction of sp³-hybridized carbons (Fsp3) is 0.100. The highest BCUT2D eigenvalue weighted by Crippen LogP contribution is 2.39. The zero-order valence-electron chi connectivity index (χ0n) is 13.9. The summed E-state index contributed by atoms with van der Waals surface area (Å²) in [5, 5.41) is 0. The van der Waals surface area contributed by atoms with E-state index in [4.69, 9.17) is 0 Å². The summed E-state index contributed by atoms with van der Waals surface area (Å²) in [5.41, 5.74) is 0.514. The van der Waals surface area contributed by atoms with Crippen molar-refractivity contribution in [2.45, 2.75) is 21.6 Å². The van der Waals surface area contributed by atoms with Crippen LogP contribution in [0.25, 0.3) is 4.72 Å². The molecule has 0 bridgehead atoms. The van der Waals surface area contributed by atoms with E-state index >= 15 is 0 Å². The molecule has 0 amide bonds. The van der Waals surface area contributed by atoms with Crippen LogP contribution in [0.1, 0.15) is 6.92 Å². The number of hydrogen-bond acceptors (Lipinski definition) is 2. The predicted octanol–water partition coefficient (Wildman–Crippen LogP) is 5.14. The highest BCUT2D eigenvalue weighted by Gasteiger charge is 2.29. The molecule has 0 aliphatic heterocycles. The van der Waals surface area contributed by atoms with Crippen LogP contribution in [0.2, 0.25) is 0 Å². The second kappa shape index (κ2) is 7.76. The summed E-state index contributed by atoms with van der Waals surface area (Å²) in [4.78, 5) is 3.17. The quantitative estimate of drug-likeness (QED) is 0.565. The molecule has 3 rings (SSSR count). The van der Waals surface area contributed by atoms with Gasteiger partial charge in [-0.05, 0) is 30.3 Å². The molecule has 3 aromatic rings. The first-order chi connectivity index (χ1) is 12.1. The van der Waals surface area contributed by atoms with E-state index in [1.807, 2.05) is 54.6 Å². The van der Waals surface area contributed by atoms with Gasteiger partial charge < -0.3 is 4.72 Å². The molecule has 0 spiro atoms. The highest BCUT2D eigenvalue weighted by molar-refractivity contribution is 7.97. The Morgan fingerprint density at radius 3 is 1.76 bits per heavy atom. The van der Waals surface area contributed by atoms with E-state index in [0.717, 1.165) is 14.7 Å². The predicted molar refractivity (Wildman–Crippen MR) is 104 cm³/mol. The molecule has 0 radical (unpaired) electrons. The van der Waals surface area contributed by atoms with Crippen molar-refractivity contribution in [1.82, 2.24) is 0 Å². The molecule has 0 saturated heterocycles. The van der Waals surface area contributed by atoms with Gasteiger partial charge in [-0.2, -0.15) is 0 Å². The Labute approximate surface area is 152 Å². The van der Waals surface area contributed by atoms with Gasteiger partial charge in [-0.3, -0.25) is 0 Å². The third-order valence-electron chi connectivity index (χ3n) is 3.65. The Balaban J connectivity index is 2.15. The van der Waals surface area contributed by atoms with Gasteiger partial charge in [0.05, 0.1) is 20.9 Å². The van der Waals surface area contributed by atoms with Gasteiger partial charge in [0.2, 0.25) is 0 Å². The Kier molecular flexibility index (Phi) is 5.46. The van der Waals surface area contributed by atoms with Crippen molar-refractivity contribution in [3.63, 3.8) is 0 Å². The van der Waals surface area contributed by atoms with E-state index in [9.17, 15) is 8.42 Å². The average molecular weight is 370 g/mol. The second-order valence-corrected chi connectivity index (χ2v) is 9.28. The van der Waals surface area contributed by atoms with E-state index < -0.39 is 20.9 Å². The minimum atomic E-state index is -3.46. The van der Waals surface area contributed by atoms with Crippen molar-refractivity contribution >= 4 is 26.6 Å². The zero-order valence-corrected chi connectivity index (χ0v) is 15.5. The van der Waals surface area contributed by atoms with Gasteiger partial charge in [0, 0.05) is 5.75 Å². The maximum Gasteiger partial charge on any atom is 0.166 e. The molecule has 0 unspecified atom stereocenters. The molecule has 0 aliphatic carbocycles. The minimum Gasteiger partial charge on any atom is -0.573 e. The van der Waals surface area contributed by atoms with Crippen molar-refractivity contribution < 1.29 is 8.42 Å². The molecule has 0 aliphatic rings. The first-order valence-corrected chi connectivity index (χ1v) is 10.8. The molecular formula is C20H19NO2S2. The largest absolute Gasteiger partial charge is 0.573 e. The van der Waals surface area contributed by atoms with Crippen LogP contribution in [0, 0.1) is 0 Å². The number of sulfonamides is 1. The van der Waals surface area contributed by atoms with E-state index in [1.165, 1.54) is 0 Å².